The van der Waals surface area contributed by atoms with E-state index in [0.29, 0.717) is 16.4 Å². The molecule has 1 unspecified atom stereocenters. The van der Waals surface area contributed by atoms with Crippen LogP contribution in [0.4, 0.5) is 0 Å². The zero-order chi connectivity index (χ0) is 23.5. The highest BCUT2D eigenvalue weighted by Gasteiger charge is 2.26. The number of carbonyl (C=O) groups excluding carboxylic acids is 1. The molecular formula is C24H30N4O4S. The van der Waals surface area contributed by atoms with Gasteiger partial charge in [0.15, 0.2) is 6.73 Å². The van der Waals surface area contributed by atoms with Crippen LogP contribution >= 0.6 is 0 Å². The number of pyridine rings is 1. The number of carbonyl (C=O) groups is 1. The van der Waals surface area contributed by atoms with Crippen LogP contribution in [-0.2, 0) is 32.8 Å². The van der Waals surface area contributed by atoms with Crippen molar-refractivity contribution in [3.05, 3.63) is 47.3 Å². The van der Waals surface area contributed by atoms with Crippen LogP contribution in [0.5, 0.6) is 5.75 Å². The van der Waals surface area contributed by atoms with E-state index < -0.39 is 10.8 Å². The number of methoxy groups -OCH3 is 1. The Morgan fingerprint density at radius 3 is 2.67 bits per heavy atom. The van der Waals surface area contributed by atoms with Gasteiger partial charge >= 0.3 is 5.97 Å². The summed E-state index contributed by atoms with van der Waals surface area (Å²) in [5.41, 5.74) is 3.98. The van der Waals surface area contributed by atoms with E-state index in [0.717, 1.165) is 48.3 Å². The van der Waals surface area contributed by atoms with Gasteiger partial charge in [0.25, 0.3) is 0 Å². The first-order chi connectivity index (χ1) is 15.9. The van der Waals surface area contributed by atoms with Gasteiger partial charge in [0.2, 0.25) is 5.16 Å². The minimum atomic E-state index is -1.49. The highest BCUT2D eigenvalue weighted by molar-refractivity contribution is 7.84. The van der Waals surface area contributed by atoms with Crippen molar-refractivity contribution in [2.45, 2.75) is 44.3 Å². The van der Waals surface area contributed by atoms with Gasteiger partial charge in [-0.25, -0.2) is 4.98 Å². The summed E-state index contributed by atoms with van der Waals surface area (Å²) in [6, 6.07) is 7.53. The molecule has 0 aliphatic carbocycles. The molecule has 1 atom stereocenters. The van der Waals surface area contributed by atoms with Crippen LogP contribution in [0, 0.1) is 19.8 Å². The van der Waals surface area contributed by atoms with Crippen LogP contribution in [0.1, 0.15) is 29.7 Å². The predicted octanol–water partition coefficient (Wildman–Crippen LogP) is 3.21. The fraction of sp³-hybridized carbons (Fsp3) is 0.458. The third-order valence-electron chi connectivity index (χ3n) is 6.23. The van der Waals surface area contributed by atoms with E-state index in [9.17, 15) is 9.00 Å². The Morgan fingerprint density at radius 2 is 1.94 bits per heavy atom. The monoisotopic (exact) mass is 470 g/mol. The standard InChI is InChI=1S/C24H30N4O4S/c1-16-13-25-20(17(2)22(16)31-4)14-33(30)24-26-19-7-5-6-8-21(19)28(24)15-32-23(29)18-9-11-27(3)12-10-18/h5-8,13,18H,9-12,14-15H2,1-4H3. The first-order valence-electron chi connectivity index (χ1n) is 11.1. The molecule has 2 aromatic heterocycles. The van der Waals surface area contributed by atoms with Gasteiger partial charge in [-0.2, -0.15) is 0 Å². The number of esters is 1. The quantitative estimate of drug-likeness (QED) is 0.490. The summed E-state index contributed by atoms with van der Waals surface area (Å²) >= 11 is 0. The molecule has 9 heteroatoms. The number of ether oxygens (including phenoxy) is 2. The summed E-state index contributed by atoms with van der Waals surface area (Å²) in [5.74, 6) is 0.627. The lowest BCUT2D eigenvalue weighted by molar-refractivity contribution is -0.154. The molecule has 0 N–H and O–H groups in total. The zero-order valence-electron chi connectivity index (χ0n) is 19.5. The van der Waals surface area contributed by atoms with Gasteiger partial charge in [-0.15, -0.1) is 0 Å². The van der Waals surface area contributed by atoms with Gasteiger partial charge in [-0.05, 0) is 59.0 Å². The second kappa shape index (κ2) is 10.0. The molecule has 0 spiro atoms. The van der Waals surface area contributed by atoms with Crippen molar-refractivity contribution in [3.8, 4) is 5.75 Å². The number of piperidine rings is 1. The Morgan fingerprint density at radius 1 is 1.21 bits per heavy atom. The maximum absolute atomic E-state index is 13.4. The smallest absolute Gasteiger partial charge is 0.310 e. The summed E-state index contributed by atoms with van der Waals surface area (Å²) in [4.78, 5) is 24.0. The molecule has 0 bridgehead atoms. The van der Waals surface area contributed by atoms with Crippen LogP contribution in [0.2, 0.25) is 0 Å². The van der Waals surface area contributed by atoms with Gasteiger partial charge in [0.1, 0.15) is 5.75 Å². The van der Waals surface area contributed by atoms with Crippen molar-refractivity contribution >= 4 is 27.8 Å². The number of benzene rings is 1. The lowest BCUT2D eigenvalue weighted by atomic mass is 9.97. The lowest BCUT2D eigenvalue weighted by Crippen LogP contribution is -2.34. The molecule has 0 saturated carbocycles. The first-order valence-corrected chi connectivity index (χ1v) is 12.4. The number of likely N-dealkylation sites (tertiary alicyclic amines) is 1. The Hall–Kier alpha value is -2.78. The molecule has 0 amide bonds. The maximum Gasteiger partial charge on any atom is 0.310 e. The van der Waals surface area contributed by atoms with Gasteiger partial charge < -0.3 is 14.4 Å². The van der Waals surface area contributed by atoms with Crippen molar-refractivity contribution in [3.63, 3.8) is 0 Å². The van der Waals surface area contributed by atoms with Crippen LogP contribution in [0.3, 0.4) is 0 Å². The highest BCUT2D eigenvalue weighted by atomic mass is 32.2. The molecule has 1 fully saturated rings. The van der Waals surface area contributed by atoms with Crippen molar-refractivity contribution in [1.82, 2.24) is 19.4 Å². The number of imidazole rings is 1. The molecule has 1 aliphatic heterocycles. The third-order valence-corrected chi connectivity index (χ3v) is 7.48. The first kappa shape index (κ1) is 23.4. The fourth-order valence-corrected chi connectivity index (χ4v) is 5.51. The van der Waals surface area contributed by atoms with Crippen LogP contribution in [-0.4, -0.2) is 56.9 Å². The molecular weight excluding hydrogens is 440 g/mol. The normalized spacial score (nSPS) is 16.1. The predicted molar refractivity (Wildman–Crippen MR) is 126 cm³/mol. The minimum Gasteiger partial charge on any atom is -0.496 e. The van der Waals surface area contributed by atoms with E-state index in [2.05, 4.69) is 21.9 Å². The molecule has 1 aromatic carbocycles. The Balaban J connectivity index is 1.57. The van der Waals surface area contributed by atoms with Crippen LogP contribution < -0.4 is 4.74 Å². The largest absolute Gasteiger partial charge is 0.496 e. The number of rotatable bonds is 7. The van der Waals surface area contributed by atoms with E-state index in [1.54, 1.807) is 17.9 Å². The van der Waals surface area contributed by atoms with Crippen molar-refractivity contribution < 1.29 is 18.5 Å². The number of hydrogen-bond acceptors (Lipinski definition) is 7. The molecule has 176 valence electrons. The number of nitrogens with zero attached hydrogens (tertiary/aromatic N) is 4. The van der Waals surface area contributed by atoms with E-state index in [4.69, 9.17) is 9.47 Å². The van der Waals surface area contributed by atoms with Crippen LogP contribution in [0.25, 0.3) is 11.0 Å². The Labute approximate surface area is 196 Å². The molecule has 33 heavy (non-hydrogen) atoms. The van der Waals surface area contributed by atoms with Crippen molar-refractivity contribution in [1.29, 1.82) is 0 Å². The van der Waals surface area contributed by atoms with Crippen LogP contribution in [0.15, 0.2) is 35.6 Å². The number of aryl methyl sites for hydroxylation is 1. The summed E-state index contributed by atoms with van der Waals surface area (Å²) in [6.45, 7) is 5.59. The van der Waals surface area contributed by atoms with Gasteiger partial charge in [-0.3, -0.25) is 18.6 Å². The van der Waals surface area contributed by atoms with E-state index in [-0.39, 0.29) is 24.4 Å². The van der Waals surface area contributed by atoms with Gasteiger partial charge in [-0.1, -0.05) is 12.1 Å². The summed E-state index contributed by atoms with van der Waals surface area (Å²) in [7, 11) is 2.18. The zero-order valence-corrected chi connectivity index (χ0v) is 20.4. The lowest BCUT2D eigenvalue weighted by Gasteiger charge is -2.27. The number of fused-ring (bicyclic) bond motifs is 1. The second-order valence-corrected chi connectivity index (χ2v) is 9.86. The average molecular weight is 471 g/mol. The number of hydrogen-bond donors (Lipinski definition) is 0. The number of aromatic nitrogens is 3. The molecule has 1 saturated heterocycles. The number of para-hydroxylation sites is 2. The van der Waals surface area contributed by atoms with E-state index in [1.165, 1.54) is 0 Å². The highest BCUT2D eigenvalue weighted by Crippen LogP contribution is 2.27. The van der Waals surface area contributed by atoms with Gasteiger partial charge in [0, 0.05) is 17.3 Å². The van der Waals surface area contributed by atoms with Crippen molar-refractivity contribution in [2.24, 2.45) is 5.92 Å². The SMILES string of the molecule is COc1c(C)cnc(CS(=O)c2nc3ccccc3n2COC(=O)C2CCN(C)CC2)c1C. The summed E-state index contributed by atoms with van der Waals surface area (Å²) in [5, 5.41) is 0.369. The molecule has 8 nitrogen and oxygen atoms in total. The van der Waals surface area contributed by atoms with Gasteiger partial charge in [0.05, 0.1) is 46.3 Å². The Kier molecular flexibility index (Phi) is 7.09. The molecule has 3 heterocycles. The average Bonchev–Trinajstić information content (AvgIpc) is 3.19. The molecule has 0 radical (unpaired) electrons. The van der Waals surface area contributed by atoms with E-state index in [1.807, 2.05) is 38.1 Å². The maximum atomic E-state index is 13.4. The molecule has 4 rings (SSSR count). The fourth-order valence-electron chi connectivity index (χ4n) is 4.25. The molecule has 1 aliphatic rings. The third kappa shape index (κ3) is 4.94. The summed E-state index contributed by atoms with van der Waals surface area (Å²) < 4.78 is 26.3. The second-order valence-electron chi connectivity index (χ2n) is 8.52. The van der Waals surface area contributed by atoms with E-state index >= 15 is 0 Å². The molecule has 3 aromatic rings. The summed E-state index contributed by atoms with van der Waals surface area (Å²) in [6.07, 6.45) is 3.31. The van der Waals surface area contributed by atoms with Crippen molar-refractivity contribution in [2.75, 3.05) is 27.2 Å². The topological polar surface area (TPSA) is 86.5 Å². The minimum absolute atomic E-state index is 0.0175. The Bertz CT molecular complexity index is 1180.